The van der Waals surface area contributed by atoms with Gasteiger partial charge in [0.2, 0.25) is 0 Å². The second kappa shape index (κ2) is 13.9. The number of hydrogen-bond acceptors (Lipinski definition) is 2. The lowest BCUT2D eigenvalue weighted by molar-refractivity contribution is 0.294. The summed E-state index contributed by atoms with van der Waals surface area (Å²) < 4.78 is 0. The molecular weight excluding hydrogens is 484 g/mol. The van der Waals surface area contributed by atoms with Crippen molar-refractivity contribution in [1.29, 1.82) is 0 Å². The maximum Gasteiger partial charge on any atom is 0.0491 e. The Balaban J connectivity index is 1.54. The number of benzene rings is 2. The van der Waals surface area contributed by atoms with Crippen molar-refractivity contribution < 1.29 is 0 Å². The molecule has 2 heterocycles. The van der Waals surface area contributed by atoms with Crippen LogP contribution in [0, 0.1) is 0 Å². The third-order valence-corrected chi connectivity index (χ3v) is 8.78. The van der Waals surface area contributed by atoms with E-state index < -0.39 is 0 Å². The molecule has 0 saturated carbocycles. The first kappa shape index (κ1) is 29.7. The van der Waals surface area contributed by atoms with Crippen LogP contribution in [0.3, 0.4) is 0 Å². The van der Waals surface area contributed by atoms with Crippen molar-refractivity contribution in [1.82, 2.24) is 9.80 Å². The SMILES string of the molecule is C=C(C)C1=CN2C(=CC1=C)c1cc(CC)c(CCCCCC)cc1C[C@H]2CCN(C)C(=C)CCc1ccccc1. The normalized spacial score (nSPS) is 16.1. The number of nitrogens with zero attached hydrogens (tertiary/aromatic N) is 2. The minimum atomic E-state index is 0.394. The number of hydrogen-bond donors (Lipinski definition) is 0. The van der Waals surface area contributed by atoms with Gasteiger partial charge in [-0.1, -0.05) is 89.2 Å². The van der Waals surface area contributed by atoms with Gasteiger partial charge < -0.3 is 9.80 Å². The van der Waals surface area contributed by atoms with Gasteiger partial charge in [-0.25, -0.2) is 0 Å². The van der Waals surface area contributed by atoms with Gasteiger partial charge in [0.15, 0.2) is 0 Å². The molecule has 0 unspecified atom stereocenters. The van der Waals surface area contributed by atoms with E-state index in [1.54, 1.807) is 5.56 Å². The Bertz CT molecular complexity index is 1280. The summed E-state index contributed by atoms with van der Waals surface area (Å²) in [6.07, 6.45) is 16.3. The standard InChI is InChI=1S/C38H50N2/c1-8-10-11-15-18-33-24-34-25-35(21-22-39(7)30(6)19-20-31-16-13-12-14-17-31)40-27-37(28(3)4)29(5)23-38(40)36(34)26-32(33)9-2/h12-14,16-17,23-24,26-27,35H,3,5-6,8-11,15,18-22,25H2,1-2,4,7H3/t35-/m1/s1. The minimum absolute atomic E-state index is 0.394. The van der Waals surface area contributed by atoms with Crippen molar-refractivity contribution in [3.05, 3.63) is 125 Å². The number of rotatable bonds is 14. The Kier molecular flexibility index (Phi) is 10.3. The highest BCUT2D eigenvalue weighted by molar-refractivity contribution is 5.77. The van der Waals surface area contributed by atoms with E-state index >= 15 is 0 Å². The monoisotopic (exact) mass is 534 g/mol. The fourth-order valence-corrected chi connectivity index (χ4v) is 6.18. The highest BCUT2D eigenvalue weighted by Gasteiger charge is 2.32. The van der Waals surface area contributed by atoms with E-state index in [1.807, 2.05) is 0 Å². The molecule has 212 valence electrons. The Morgan fingerprint density at radius 3 is 2.48 bits per heavy atom. The molecule has 0 N–H and O–H groups in total. The molecule has 0 spiro atoms. The Morgan fingerprint density at radius 2 is 1.77 bits per heavy atom. The molecule has 4 rings (SSSR count). The van der Waals surface area contributed by atoms with E-state index in [0.29, 0.717) is 6.04 Å². The van der Waals surface area contributed by atoms with Gasteiger partial charge >= 0.3 is 0 Å². The Morgan fingerprint density at radius 1 is 1.00 bits per heavy atom. The molecule has 2 aliphatic heterocycles. The molecule has 2 aromatic rings. The summed E-state index contributed by atoms with van der Waals surface area (Å²) in [4.78, 5) is 4.90. The van der Waals surface area contributed by atoms with Gasteiger partial charge in [-0.05, 0) is 103 Å². The maximum absolute atomic E-state index is 4.43. The molecule has 0 saturated heterocycles. The highest BCUT2D eigenvalue weighted by Crippen LogP contribution is 2.41. The summed E-state index contributed by atoms with van der Waals surface area (Å²) in [5.74, 6) is 0. The molecule has 0 bridgehead atoms. The molecule has 0 aliphatic carbocycles. The predicted molar refractivity (Wildman–Crippen MR) is 174 cm³/mol. The molecule has 40 heavy (non-hydrogen) atoms. The van der Waals surface area contributed by atoms with Crippen LogP contribution < -0.4 is 0 Å². The van der Waals surface area contributed by atoms with Gasteiger partial charge in [0.1, 0.15) is 0 Å². The predicted octanol–water partition coefficient (Wildman–Crippen LogP) is 9.44. The summed E-state index contributed by atoms with van der Waals surface area (Å²) in [7, 11) is 2.20. The lowest BCUT2D eigenvalue weighted by Crippen LogP contribution is -2.39. The van der Waals surface area contributed by atoms with Gasteiger partial charge in [0, 0.05) is 42.8 Å². The van der Waals surface area contributed by atoms with Crippen molar-refractivity contribution in [2.24, 2.45) is 0 Å². The highest BCUT2D eigenvalue weighted by atomic mass is 15.2. The van der Waals surface area contributed by atoms with Gasteiger partial charge in [-0.2, -0.15) is 0 Å². The fourth-order valence-electron chi connectivity index (χ4n) is 6.18. The zero-order valence-corrected chi connectivity index (χ0v) is 25.6. The van der Waals surface area contributed by atoms with Crippen LogP contribution in [0.15, 0.2) is 96.9 Å². The third kappa shape index (κ3) is 7.08. The van der Waals surface area contributed by atoms with Crippen LogP contribution in [0.1, 0.15) is 87.1 Å². The van der Waals surface area contributed by atoms with Crippen LogP contribution in [-0.2, 0) is 25.7 Å². The number of aryl methyl sites for hydroxylation is 3. The first-order chi connectivity index (χ1) is 19.3. The Hall–Kier alpha value is -3.26. The largest absolute Gasteiger partial charge is 0.378 e. The van der Waals surface area contributed by atoms with E-state index in [2.05, 4.69) is 112 Å². The van der Waals surface area contributed by atoms with Crippen LogP contribution in [0.4, 0.5) is 0 Å². The van der Waals surface area contributed by atoms with E-state index in [-0.39, 0.29) is 0 Å². The fraction of sp³-hybridized carbons (Fsp3) is 0.421. The number of fused-ring (bicyclic) bond motifs is 3. The zero-order chi connectivity index (χ0) is 28.6. The average molecular weight is 535 g/mol. The molecule has 2 aliphatic rings. The van der Waals surface area contributed by atoms with Crippen molar-refractivity contribution in [3.63, 3.8) is 0 Å². The van der Waals surface area contributed by atoms with Gasteiger partial charge in [0.05, 0.1) is 0 Å². The van der Waals surface area contributed by atoms with Crippen molar-refractivity contribution in [2.45, 2.75) is 91.0 Å². The van der Waals surface area contributed by atoms with Crippen molar-refractivity contribution >= 4 is 5.70 Å². The van der Waals surface area contributed by atoms with Crippen molar-refractivity contribution in [3.8, 4) is 0 Å². The lowest BCUT2D eigenvalue weighted by Gasteiger charge is -2.42. The van der Waals surface area contributed by atoms with E-state index in [4.69, 9.17) is 0 Å². The molecule has 2 nitrogen and oxygen atoms in total. The van der Waals surface area contributed by atoms with Crippen LogP contribution in [0.2, 0.25) is 0 Å². The van der Waals surface area contributed by atoms with Crippen molar-refractivity contribution in [2.75, 3.05) is 13.6 Å². The molecule has 0 amide bonds. The number of allylic oxidation sites excluding steroid dienone is 5. The molecule has 0 fully saturated rings. The van der Waals surface area contributed by atoms with E-state index in [1.165, 1.54) is 71.3 Å². The summed E-state index contributed by atoms with van der Waals surface area (Å²) in [5, 5.41) is 0. The Labute approximate surface area is 244 Å². The smallest absolute Gasteiger partial charge is 0.0491 e. The second-order valence-electron chi connectivity index (χ2n) is 11.8. The van der Waals surface area contributed by atoms with Crippen LogP contribution in [0.5, 0.6) is 0 Å². The summed E-state index contributed by atoms with van der Waals surface area (Å²) in [6, 6.07) is 16.2. The molecular formula is C38H50N2. The quantitative estimate of drug-likeness (QED) is 0.223. The molecule has 2 aromatic carbocycles. The second-order valence-corrected chi connectivity index (χ2v) is 11.8. The summed E-state index contributed by atoms with van der Waals surface area (Å²) in [6.45, 7) is 20.8. The van der Waals surface area contributed by atoms with E-state index in [9.17, 15) is 0 Å². The molecule has 2 heteroatoms. The lowest BCUT2D eigenvalue weighted by atomic mass is 9.83. The summed E-state index contributed by atoms with van der Waals surface area (Å²) >= 11 is 0. The molecule has 0 aromatic heterocycles. The van der Waals surface area contributed by atoms with Gasteiger partial charge in [0.25, 0.3) is 0 Å². The topological polar surface area (TPSA) is 6.48 Å². The molecule has 1 atom stereocenters. The zero-order valence-electron chi connectivity index (χ0n) is 25.6. The van der Waals surface area contributed by atoms with Crippen LogP contribution in [-0.4, -0.2) is 29.4 Å². The molecule has 0 radical (unpaired) electrons. The summed E-state index contributed by atoms with van der Waals surface area (Å²) in [5.41, 5.74) is 13.2. The van der Waals surface area contributed by atoms with Gasteiger partial charge in [-0.3, -0.25) is 0 Å². The first-order valence-corrected chi connectivity index (χ1v) is 15.5. The maximum atomic E-state index is 4.43. The van der Waals surface area contributed by atoms with Gasteiger partial charge in [-0.15, -0.1) is 0 Å². The van der Waals surface area contributed by atoms with Crippen LogP contribution >= 0.6 is 0 Å². The third-order valence-electron chi connectivity index (χ3n) is 8.78. The first-order valence-electron chi connectivity index (χ1n) is 15.5. The minimum Gasteiger partial charge on any atom is -0.378 e. The van der Waals surface area contributed by atoms with Crippen LogP contribution in [0.25, 0.3) is 5.70 Å². The van der Waals surface area contributed by atoms with E-state index in [0.717, 1.165) is 49.8 Å². The average Bonchev–Trinajstić information content (AvgIpc) is 2.96. The number of unbranched alkanes of at least 4 members (excludes halogenated alkanes) is 3.